The van der Waals surface area contributed by atoms with Crippen LogP contribution in [0.3, 0.4) is 0 Å². The molecule has 0 unspecified atom stereocenters. The molecule has 0 bridgehead atoms. The fraction of sp³-hybridized carbons (Fsp3) is 1.00. The molecule has 2 aliphatic rings. The summed E-state index contributed by atoms with van der Waals surface area (Å²) in [5.41, 5.74) is 6.43. The normalized spacial score (nSPS) is 25.3. The Hall–Kier alpha value is -0.120. The van der Waals surface area contributed by atoms with Crippen molar-refractivity contribution in [2.45, 2.75) is 51.0 Å². The van der Waals surface area contributed by atoms with E-state index in [4.69, 9.17) is 5.73 Å². The Morgan fingerprint density at radius 3 is 2.39 bits per heavy atom. The highest BCUT2D eigenvalue weighted by Gasteiger charge is 2.37. The van der Waals surface area contributed by atoms with Crippen LogP contribution in [-0.2, 0) is 0 Å². The maximum atomic E-state index is 6.13. The van der Waals surface area contributed by atoms with E-state index in [1.54, 1.807) is 0 Å². The topological polar surface area (TPSA) is 32.5 Å². The molecule has 2 fully saturated rings. The van der Waals surface area contributed by atoms with Crippen molar-refractivity contribution in [3.8, 4) is 0 Å². The number of hydrogen-bond donors (Lipinski definition) is 1. The average molecular weight is 253 g/mol. The summed E-state index contributed by atoms with van der Waals surface area (Å²) in [6, 6.07) is 0. The Morgan fingerprint density at radius 2 is 1.94 bits per heavy atom. The largest absolute Gasteiger partial charge is 0.329 e. The number of piperidine rings is 1. The van der Waals surface area contributed by atoms with E-state index in [9.17, 15) is 0 Å². The summed E-state index contributed by atoms with van der Waals surface area (Å²) in [6.07, 6.45) is 8.10. The lowest BCUT2D eigenvalue weighted by Gasteiger charge is -2.48. The third-order valence-corrected chi connectivity index (χ3v) is 5.27. The highest BCUT2D eigenvalue weighted by Crippen LogP contribution is 2.32. The first kappa shape index (κ1) is 14.3. The third kappa shape index (κ3) is 3.06. The second kappa shape index (κ2) is 6.36. The second-order valence-electron chi connectivity index (χ2n) is 6.45. The second-order valence-corrected chi connectivity index (χ2v) is 6.45. The lowest BCUT2D eigenvalue weighted by atomic mass is 9.81. The van der Waals surface area contributed by atoms with Gasteiger partial charge in [0, 0.05) is 18.6 Å². The number of nitrogens with zero attached hydrogens (tertiary/aromatic N) is 2. The van der Waals surface area contributed by atoms with Crippen LogP contribution in [-0.4, -0.2) is 55.1 Å². The van der Waals surface area contributed by atoms with Gasteiger partial charge in [-0.1, -0.05) is 13.3 Å². The third-order valence-electron chi connectivity index (χ3n) is 5.27. The van der Waals surface area contributed by atoms with E-state index in [0.717, 1.165) is 12.5 Å². The van der Waals surface area contributed by atoms with E-state index in [0.29, 0.717) is 5.54 Å². The quantitative estimate of drug-likeness (QED) is 0.785. The van der Waals surface area contributed by atoms with Gasteiger partial charge >= 0.3 is 0 Å². The molecule has 1 aliphatic carbocycles. The Balaban J connectivity index is 1.86. The van der Waals surface area contributed by atoms with Gasteiger partial charge in [0.25, 0.3) is 0 Å². The first-order chi connectivity index (χ1) is 8.70. The molecule has 1 aliphatic heterocycles. The average Bonchev–Trinajstić information content (AvgIpc) is 2.35. The molecule has 0 atom stereocenters. The zero-order chi connectivity index (χ0) is 13.0. The minimum Gasteiger partial charge on any atom is -0.329 e. The fourth-order valence-electron chi connectivity index (χ4n) is 3.51. The molecule has 2 N–H and O–H groups in total. The lowest BCUT2D eigenvalue weighted by molar-refractivity contribution is 0.0260. The number of rotatable bonds is 6. The predicted octanol–water partition coefficient (Wildman–Crippen LogP) is 1.92. The first-order valence-electron chi connectivity index (χ1n) is 7.84. The van der Waals surface area contributed by atoms with Crippen molar-refractivity contribution in [1.82, 2.24) is 9.80 Å². The molecule has 1 saturated heterocycles. The molecule has 0 aromatic heterocycles. The summed E-state index contributed by atoms with van der Waals surface area (Å²) in [5, 5.41) is 0. The minimum absolute atomic E-state index is 0.291. The first-order valence-corrected chi connectivity index (χ1v) is 7.84. The van der Waals surface area contributed by atoms with Gasteiger partial charge in [-0.25, -0.2) is 0 Å². The zero-order valence-corrected chi connectivity index (χ0v) is 12.3. The van der Waals surface area contributed by atoms with E-state index in [1.165, 1.54) is 64.7 Å². The van der Waals surface area contributed by atoms with Crippen molar-refractivity contribution in [2.75, 3.05) is 39.8 Å². The van der Waals surface area contributed by atoms with E-state index in [1.807, 2.05) is 0 Å². The van der Waals surface area contributed by atoms with Crippen LogP contribution in [0.4, 0.5) is 0 Å². The summed E-state index contributed by atoms with van der Waals surface area (Å²) in [6.45, 7) is 8.10. The maximum absolute atomic E-state index is 6.13. The van der Waals surface area contributed by atoms with Crippen LogP contribution in [0, 0.1) is 5.92 Å². The van der Waals surface area contributed by atoms with Gasteiger partial charge in [-0.2, -0.15) is 0 Å². The summed E-state index contributed by atoms with van der Waals surface area (Å²) >= 11 is 0. The zero-order valence-electron chi connectivity index (χ0n) is 12.3. The van der Waals surface area contributed by atoms with Crippen LogP contribution in [0.2, 0.25) is 0 Å². The molecular weight excluding hydrogens is 222 g/mol. The molecular formula is C15H31N3. The van der Waals surface area contributed by atoms with E-state index < -0.39 is 0 Å². The van der Waals surface area contributed by atoms with Crippen molar-refractivity contribution >= 4 is 0 Å². The molecule has 0 spiro atoms. The van der Waals surface area contributed by atoms with E-state index >= 15 is 0 Å². The van der Waals surface area contributed by atoms with Crippen LogP contribution in [0.25, 0.3) is 0 Å². The molecule has 106 valence electrons. The van der Waals surface area contributed by atoms with Crippen molar-refractivity contribution < 1.29 is 0 Å². The van der Waals surface area contributed by atoms with Gasteiger partial charge in [0.1, 0.15) is 0 Å². The van der Waals surface area contributed by atoms with Gasteiger partial charge in [0.15, 0.2) is 0 Å². The Morgan fingerprint density at radius 1 is 1.28 bits per heavy atom. The van der Waals surface area contributed by atoms with Gasteiger partial charge in [0.2, 0.25) is 0 Å². The van der Waals surface area contributed by atoms with Gasteiger partial charge < -0.3 is 10.6 Å². The van der Waals surface area contributed by atoms with Gasteiger partial charge in [0.05, 0.1) is 0 Å². The lowest BCUT2D eigenvalue weighted by Crippen LogP contribution is -2.59. The summed E-state index contributed by atoms with van der Waals surface area (Å²) in [7, 11) is 2.31. The van der Waals surface area contributed by atoms with Crippen molar-refractivity contribution in [3.05, 3.63) is 0 Å². The molecule has 18 heavy (non-hydrogen) atoms. The Bertz CT molecular complexity index is 242. The standard InChI is InChI=1S/C15H31N3/c1-3-9-18-10-7-15(13-16,8-11-18)17(2)12-14-5-4-6-14/h14H,3-13,16H2,1-2H3. The minimum atomic E-state index is 0.291. The van der Waals surface area contributed by atoms with Crippen LogP contribution >= 0.6 is 0 Å². The SMILES string of the molecule is CCCN1CCC(CN)(N(C)CC2CCC2)CC1. The van der Waals surface area contributed by atoms with Crippen LogP contribution in [0.5, 0.6) is 0 Å². The highest BCUT2D eigenvalue weighted by molar-refractivity contribution is 4.96. The molecule has 0 aromatic carbocycles. The van der Waals surface area contributed by atoms with Crippen LogP contribution in [0.1, 0.15) is 45.4 Å². The van der Waals surface area contributed by atoms with Gasteiger partial charge in [-0.3, -0.25) is 4.90 Å². The number of likely N-dealkylation sites (N-methyl/N-ethyl adjacent to an activating group) is 1. The molecule has 0 aromatic rings. The van der Waals surface area contributed by atoms with Gasteiger partial charge in [-0.05, 0) is 64.7 Å². The molecule has 2 rings (SSSR count). The van der Waals surface area contributed by atoms with Crippen LogP contribution in [0.15, 0.2) is 0 Å². The number of nitrogens with two attached hydrogens (primary N) is 1. The monoisotopic (exact) mass is 253 g/mol. The maximum Gasteiger partial charge on any atom is 0.0353 e. The molecule has 1 heterocycles. The number of hydrogen-bond acceptors (Lipinski definition) is 3. The van der Waals surface area contributed by atoms with Crippen molar-refractivity contribution in [3.63, 3.8) is 0 Å². The number of likely N-dealkylation sites (tertiary alicyclic amines) is 1. The van der Waals surface area contributed by atoms with E-state index in [2.05, 4.69) is 23.8 Å². The predicted molar refractivity (Wildman–Crippen MR) is 77.7 cm³/mol. The smallest absolute Gasteiger partial charge is 0.0353 e. The fourth-order valence-corrected chi connectivity index (χ4v) is 3.51. The molecule has 0 radical (unpaired) electrons. The molecule has 0 amide bonds. The Kier molecular flexibility index (Phi) is 5.05. The van der Waals surface area contributed by atoms with Crippen molar-refractivity contribution in [2.24, 2.45) is 11.7 Å². The molecule has 3 nitrogen and oxygen atoms in total. The molecule has 1 saturated carbocycles. The van der Waals surface area contributed by atoms with Crippen LogP contribution < -0.4 is 5.73 Å². The summed E-state index contributed by atoms with van der Waals surface area (Å²) in [5.74, 6) is 0.951. The summed E-state index contributed by atoms with van der Waals surface area (Å²) in [4.78, 5) is 5.20. The summed E-state index contributed by atoms with van der Waals surface area (Å²) < 4.78 is 0. The van der Waals surface area contributed by atoms with Crippen molar-refractivity contribution in [1.29, 1.82) is 0 Å². The van der Waals surface area contributed by atoms with E-state index in [-0.39, 0.29) is 0 Å². The highest BCUT2D eigenvalue weighted by atomic mass is 15.2. The molecule has 3 heteroatoms. The van der Waals surface area contributed by atoms with Gasteiger partial charge in [-0.15, -0.1) is 0 Å². The Labute approximate surface area is 113 Å².